The van der Waals surface area contributed by atoms with Crippen molar-refractivity contribution < 1.29 is 0 Å². The van der Waals surface area contributed by atoms with Gasteiger partial charge in [-0.05, 0) is 44.0 Å². The Morgan fingerprint density at radius 1 is 1.09 bits per heavy atom. The quantitative estimate of drug-likeness (QED) is 0.729. The number of anilines is 1. The second kappa shape index (κ2) is 5.40. The molecule has 4 heterocycles. The lowest BCUT2D eigenvalue weighted by atomic mass is 9.97. The average Bonchev–Trinajstić information content (AvgIpc) is 2.99. The highest BCUT2D eigenvalue weighted by Crippen LogP contribution is 2.28. The molecule has 0 unspecified atom stereocenters. The maximum atomic E-state index is 4.66. The van der Waals surface area contributed by atoms with Gasteiger partial charge in [-0.3, -0.25) is 4.40 Å². The van der Waals surface area contributed by atoms with Gasteiger partial charge in [0.2, 0.25) is 0 Å². The predicted molar refractivity (Wildman–Crippen MR) is 86.1 cm³/mol. The first-order chi connectivity index (χ1) is 10.8. The summed E-state index contributed by atoms with van der Waals surface area (Å²) >= 11 is 0. The summed E-state index contributed by atoms with van der Waals surface area (Å²) in [5.41, 5.74) is 1.98. The smallest absolute Gasteiger partial charge is 0.160 e. The molecule has 1 fully saturated rings. The number of aromatic nitrogens is 4. The van der Waals surface area contributed by atoms with Gasteiger partial charge in [0.15, 0.2) is 5.65 Å². The van der Waals surface area contributed by atoms with E-state index in [0.717, 1.165) is 48.9 Å². The van der Waals surface area contributed by atoms with E-state index in [2.05, 4.69) is 42.8 Å². The average molecular weight is 293 g/mol. The van der Waals surface area contributed by atoms with Crippen LogP contribution in [0.25, 0.3) is 5.65 Å². The van der Waals surface area contributed by atoms with Gasteiger partial charge in [0.25, 0.3) is 0 Å². The topological polar surface area (TPSA) is 46.3 Å². The van der Waals surface area contributed by atoms with Gasteiger partial charge >= 0.3 is 0 Å². The summed E-state index contributed by atoms with van der Waals surface area (Å²) in [4.78, 5) is 7.02. The van der Waals surface area contributed by atoms with Crippen molar-refractivity contribution in [1.82, 2.24) is 19.6 Å². The maximum Gasteiger partial charge on any atom is 0.160 e. The molecule has 0 aromatic carbocycles. The molecule has 5 nitrogen and oxygen atoms in total. The van der Waals surface area contributed by atoms with Crippen molar-refractivity contribution >= 4 is 11.5 Å². The molecule has 1 atom stereocenters. The molecule has 0 saturated carbocycles. The normalized spacial score (nSPS) is 18.8. The zero-order valence-corrected chi connectivity index (χ0v) is 12.7. The first kappa shape index (κ1) is 13.2. The SMILES string of the molecule is Cc1cccc(N2CCC[C@@H](c3nnc4ccccn34)C2)n1. The lowest BCUT2D eigenvalue weighted by molar-refractivity contribution is 0.485. The molecule has 3 aromatic heterocycles. The lowest BCUT2D eigenvalue weighted by Gasteiger charge is -2.32. The van der Waals surface area contributed by atoms with Crippen LogP contribution in [-0.2, 0) is 0 Å². The molecular formula is C17H19N5. The van der Waals surface area contributed by atoms with E-state index in [1.165, 1.54) is 0 Å². The van der Waals surface area contributed by atoms with Crippen LogP contribution in [0.5, 0.6) is 0 Å². The molecule has 0 aliphatic carbocycles. The minimum Gasteiger partial charge on any atom is -0.356 e. The standard InChI is InChI=1S/C17H19N5/c1-13-6-4-9-15(18-13)21-10-5-7-14(12-21)17-20-19-16-8-2-3-11-22(16)17/h2-4,6,8-9,11,14H,5,7,10,12H2,1H3/t14-/m1/s1. The number of hydrogen-bond acceptors (Lipinski definition) is 4. The predicted octanol–water partition coefficient (Wildman–Crippen LogP) is 2.82. The summed E-state index contributed by atoms with van der Waals surface area (Å²) in [6, 6.07) is 12.2. The first-order valence-electron chi connectivity index (χ1n) is 7.79. The van der Waals surface area contributed by atoms with Gasteiger partial charge in [0, 0.05) is 30.9 Å². The van der Waals surface area contributed by atoms with Gasteiger partial charge in [-0.1, -0.05) is 12.1 Å². The lowest BCUT2D eigenvalue weighted by Crippen LogP contribution is -2.35. The van der Waals surface area contributed by atoms with Gasteiger partial charge in [-0.15, -0.1) is 10.2 Å². The zero-order chi connectivity index (χ0) is 14.9. The monoisotopic (exact) mass is 293 g/mol. The summed E-state index contributed by atoms with van der Waals surface area (Å²) in [6.07, 6.45) is 4.36. The third-order valence-electron chi connectivity index (χ3n) is 4.32. The molecule has 0 spiro atoms. The van der Waals surface area contributed by atoms with Gasteiger partial charge in [-0.2, -0.15) is 0 Å². The Balaban J connectivity index is 1.63. The Hall–Kier alpha value is -2.43. The summed E-state index contributed by atoms with van der Waals surface area (Å²) in [5.74, 6) is 2.53. The maximum absolute atomic E-state index is 4.66. The van der Waals surface area contributed by atoms with E-state index >= 15 is 0 Å². The molecule has 0 N–H and O–H groups in total. The van der Waals surface area contributed by atoms with Crippen molar-refractivity contribution in [3.05, 3.63) is 54.1 Å². The van der Waals surface area contributed by atoms with Crippen molar-refractivity contribution in [1.29, 1.82) is 0 Å². The highest BCUT2D eigenvalue weighted by atomic mass is 15.3. The summed E-state index contributed by atoms with van der Waals surface area (Å²) in [7, 11) is 0. The molecule has 112 valence electrons. The summed E-state index contributed by atoms with van der Waals surface area (Å²) in [6.45, 7) is 4.05. The minimum atomic E-state index is 0.397. The van der Waals surface area contributed by atoms with Crippen LogP contribution in [0, 0.1) is 6.92 Å². The molecule has 22 heavy (non-hydrogen) atoms. The molecule has 1 saturated heterocycles. The van der Waals surface area contributed by atoms with E-state index in [-0.39, 0.29) is 0 Å². The molecule has 1 aliphatic rings. The first-order valence-corrected chi connectivity index (χ1v) is 7.79. The summed E-state index contributed by atoms with van der Waals surface area (Å²) < 4.78 is 2.11. The van der Waals surface area contributed by atoms with Crippen LogP contribution in [0.3, 0.4) is 0 Å². The fourth-order valence-corrected chi connectivity index (χ4v) is 3.24. The van der Waals surface area contributed by atoms with Gasteiger partial charge < -0.3 is 4.90 Å². The molecule has 0 amide bonds. The Morgan fingerprint density at radius 3 is 2.95 bits per heavy atom. The Labute approximate surface area is 129 Å². The number of rotatable bonds is 2. The van der Waals surface area contributed by atoms with E-state index in [9.17, 15) is 0 Å². The van der Waals surface area contributed by atoms with Crippen molar-refractivity contribution in [2.45, 2.75) is 25.7 Å². The third-order valence-corrected chi connectivity index (χ3v) is 4.32. The third kappa shape index (κ3) is 2.32. The van der Waals surface area contributed by atoms with E-state index in [1.54, 1.807) is 0 Å². The molecule has 4 rings (SSSR count). The molecule has 0 bridgehead atoms. The van der Waals surface area contributed by atoms with E-state index in [4.69, 9.17) is 0 Å². The number of piperidine rings is 1. The number of aryl methyl sites for hydroxylation is 1. The van der Waals surface area contributed by atoms with E-state index < -0.39 is 0 Å². The van der Waals surface area contributed by atoms with Crippen molar-refractivity contribution in [3.63, 3.8) is 0 Å². The fourth-order valence-electron chi connectivity index (χ4n) is 3.24. The zero-order valence-electron chi connectivity index (χ0n) is 12.7. The number of hydrogen-bond donors (Lipinski definition) is 0. The number of nitrogens with zero attached hydrogens (tertiary/aromatic N) is 5. The Kier molecular flexibility index (Phi) is 3.25. The van der Waals surface area contributed by atoms with Crippen LogP contribution in [0.15, 0.2) is 42.6 Å². The highest BCUT2D eigenvalue weighted by molar-refractivity contribution is 5.42. The highest BCUT2D eigenvalue weighted by Gasteiger charge is 2.25. The van der Waals surface area contributed by atoms with Crippen molar-refractivity contribution in [2.75, 3.05) is 18.0 Å². The van der Waals surface area contributed by atoms with Crippen LogP contribution in [0.1, 0.15) is 30.3 Å². The minimum absolute atomic E-state index is 0.397. The van der Waals surface area contributed by atoms with Crippen molar-refractivity contribution in [2.24, 2.45) is 0 Å². The summed E-state index contributed by atoms with van der Waals surface area (Å²) in [5, 5.41) is 8.72. The van der Waals surface area contributed by atoms with Gasteiger partial charge in [-0.25, -0.2) is 4.98 Å². The number of fused-ring (bicyclic) bond motifs is 1. The van der Waals surface area contributed by atoms with E-state index in [0.29, 0.717) is 5.92 Å². The number of pyridine rings is 2. The molecule has 5 heteroatoms. The van der Waals surface area contributed by atoms with Crippen LogP contribution < -0.4 is 4.90 Å². The van der Waals surface area contributed by atoms with Crippen LogP contribution in [0.4, 0.5) is 5.82 Å². The molecule has 1 aliphatic heterocycles. The molecule has 3 aromatic rings. The second-order valence-electron chi connectivity index (χ2n) is 5.91. The second-order valence-corrected chi connectivity index (χ2v) is 5.91. The molecular weight excluding hydrogens is 274 g/mol. The Morgan fingerprint density at radius 2 is 2.05 bits per heavy atom. The van der Waals surface area contributed by atoms with Crippen LogP contribution in [-0.4, -0.2) is 32.7 Å². The van der Waals surface area contributed by atoms with Gasteiger partial charge in [0.05, 0.1) is 0 Å². The van der Waals surface area contributed by atoms with Crippen molar-refractivity contribution in [3.8, 4) is 0 Å². The van der Waals surface area contributed by atoms with Crippen LogP contribution >= 0.6 is 0 Å². The van der Waals surface area contributed by atoms with Crippen LogP contribution in [0.2, 0.25) is 0 Å². The largest absolute Gasteiger partial charge is 0.356 e. The Bertz CT molecular complexity index is 794. The molecule has 0 radical (unpaired) electrons. The fraction of sp³-hybridized carbons (Fsp3) is 0.353. The van der Waals surface area contributed by atoms with Gasteiger partial charge in [0.1, 0.15) is 11.6 Å². The van der Waals surface area contributed by atoms with E-state index in [1.807, 2.05) is 31.2 Å².